The number of nitrogens with two attached hydrogens (primary N) is 1. The average molecular weight is 354 g/mol. The Balaban J connectivity index is 2.37. The van der Waals surface area contributed by atoms with Crippen LogP contribution in [0.15, 0.2) is 48.5 Å². The number of carbonyl (C=O) groups excluding carboxylic acids is 1. The van der Waals surface area contributed by atoms with Gasteiger partial charge >= 0.3 is 0 Å². The Morgan fingerprint density at radius 1 is 1.17 bits per heavy atom. The molecule has 23 heavy (non-hydrogen) atoms. The third-order valence-electron chi connectivity index (χ3n) is 3.22. The molecule has 0 saturated heterocycles. The van der Waals surface area contributed by atoms with E-state index in [1.54, 1.807) is 36.4 Å². The molecule has 2 aromatic carbocycles. The van der Waals surface area contributed by atoms with Gasteiger partial charge in [0, 0.05) is 10.6 Å². The van der Waals surface area contributed by atoms with Crippen molar-refractivity contribution in [1.29, 1.82) is 0 Å². The summed E-state index contributed by atoms with van der Waals surface area (Å²) in [5.74, 6) is 4.62. The lowest BCUT2D eigenvalue weighted by Gasteiger charge is -2.23. The zero-order chi connectivity index (χ0) is 17.0. The number of halogens is 1. The van der Waals surface area contributed by atoms with Crippen molar-refractivity contribution in [2.24, 2.45) is 5.84 Å². The van der Waals surface area contributed by atoms with Gasteiger partial charge in [-0.1, -0.05) is 29.8 Å². The molecular weight excluding hydrogens is 338 g/mol. The second-order valence-corrected chi connectivity index (χ2v) is 7.20. The SMILES string of the molecule is CS(=O)(=O)N(Cc1ccccc1Cl)c1ccc(C(=O)NN)cc1. The average Bonchev–Trinajstić information content (AvgIpc) is 2.52. The van der Waals surface area contributed by atoms with E-state index >= 15 is 0 Å². The van der Waals surface area contributed by atoms with E-state index in [1.165, 1.54) is 16.4 Å². The first-order valence-corrected chi connectivity index (χ1v) is 8.87. The van der Waals surface area contributed by atoms with Gasteiger partial charge in [0.05, 0.1) is 18.5 Å². The molecular formula is C15H16ClN3O3S. The van der Waals surface area contributed by atoms with E-state index in [4.69, 9.17) is 17.4 Å². The molecule has 0 aliphatic heterocycles. The third kappa shape index (κ3) is 4.22. The van der Waals surface area contributed by atoms with Crippen LogP contribution in [-0.4, -0.2) is 20.6 Å². The summed E-state index contributed by atoms with van der Waals surface area (Å²) in [7, 11) is -3.52. The van der Waals surface area contributed by atoms with Crippen LogP contribution in [0.1, 0.15) is 15.9 Å². The summed E-state index contributed by atoms with van der Waals surface area (Å²) >= 11 is 6.10. The van der Waals surface area contributed by atoms with Gasteiger partial charge in [0.1, 0.15) is 0 Å². The maximum absolute atomic E-state index is 12.1. The summed E-state index contributed by atoms with van der Waals surface area (Å²) in [5.41, 5.74) is 3.47. The van der Waals surface area contributed by atoms with Crippen molar-refractivity contribution in [3.05, 3.63) is 64.7 Å². The van der Waals surface area contributed by atoms with Crippen LogP contribution in [0.4, 0.5) is 5.69 Å². The highest BCUT2D eigenvalue weighted by atomic mass is 35.5. The molecule has 0 bridgehead atoms. The summed E-state index contributed by atoms with van der Waals surface area (Å²) in [4.78, 5) is 11.4. The van der Waals surface area contributed by atoms with Gasteiger partial charge in [-0.25, -0.2) is 14.3 Å². The monoisotopic (exact) mass is 353 g/mol. The Morgan fingerprint density at radius 2 is 1.78 bits per heavy atom. The van der Waals surface area contributed by atoms with Gasteiger partial charge in [-0.2, -0.15) is 0 Å². The molecule has 8 heteroatoms. The highest BCUT2D eigenvalue weighted by Gasteiger charge is 2.19. The molecule has 0 aromatic heterocycles. The molecule has 0 heterocycles. The Kier molecular flexibility index (Phi) is 5.25. The molecule has 0 fully saturated rings. The van der Waals surface area contributed by atoms with Crippen molar-refractivity contribution in [2.75, 3.05) is 10.6 Å². The summed E-state index contributed by atoms with van der Waals surface area (Å²) < 4.78 is 25.4. The lowest BCUT2D eigenvalue weighted by molar-refractivity contribution is 0.0953. The van der Waals surface area contributed by atoms with Crippen LogP contribution in [0.2, 0.25) is 5.02 Å². The first-order chi connectivity index (χ1) is 10.8. The number of carbonyl (C=O) groups is 1. The lowest BCUT2D eigenvalue weighted by atomic mass is 10.2. The number of hydrogen-bond donors (Lipinski definition) is 2. The molecule has 3 N–H and O–H groups in total. The largest absolute Gasteiger partial charge is 0.290 e. The zero-order valence-corrected chi connectivity index (χ0v) is 13.9. The van der Waals surface area contributed by atoms with Crippen molar-refractivity contribution in [1.82, 2.24) is 5.43 Å². The summed E-state index contributed by atoms with van der Waals surface area (Å²) in [6.07, 6.45) is 1.12. The molecule has 0 saturated carbocycles. The van der Waals surface area contributed by atoms with E-state index < -0.39 is 15.9 Å². The summed E-state index contributed by atoms with van der Waals surface area (Å²) in [5, 5.41) is 0.486. The minimum absolute atomic E-state index is 0.0982. The second-order valence-electron chi connectivity index (χ2n) is 4.88. The normalized spacial score (nSPS) is 11.1. The van der Waals surface area contributed by atoms with Gasteiger partial charge in [-0.3, -0.25) is 14.5 Å². The van der Waals surface area contributed by atoms with Crippen LogP contribution in [-0.2, 0) is 16.6 Å². The van der Waals surface area contributed by atoms with Gasteiger partial charge in [0.15, 0.2) is 0 Å². The van der Waals surface area contributed by atoms with Gasteiger partial charge in [0.2, 0.25) is 10.0 Å². The molecule has 0 aliphatic rings. The molecule has 0 spiro atoms. The van der Waals surface area contributed by atoms with Crippen molar-refractivity contribution in [3.8, 4) is 0 Å². The molecule has 0 radical (unpaired) electrons. The number of amides is 1. The fourth-order valence-corrected chi connectivity index (χ4v) is 3.12. The van der Waals surface area contributed by atoms with E-state index in [2.05, 4.69) is 0 Å². The Hall–Kier alpha value is -2.09. The van der Waals surface area contributed by atoms with Crippen LogP contribution in [0.5, 0.6) is 0 Å². The van der Waals surface area contributed by atoms with Crippen LogP contribution < -0.4 is 15.6 Å². The number of hydrazine groups is 1. The highest BCUT2D eigenvalue weighted by Crippen LogP contribution is 2.24. The second kappa shape index (κ2) is 6.99. The lowest BCUT2D eigenvalue weighted by Crippen LogP contribution is -2.31. The number of sulfonamides is 1. The van der Waals surface area contributed by atoms with Crippen molar-refractivity contribution in [3.63, 3.8) is 0 Å². The quantitative estimate of drug-likeness (QED) is 0.488. The molecule has 6 nitrogen and oxygen atoms in total. The number of hydrogen-bond acceptors (Lipinski definition) is 4. The predicted octanol–water partition coefficient (Wildman–Crippen LogP) is 1.91. The van der Waals surface area contributed by atoms with E-state index in [0.717, 1.165) is 6.26 Å². The standard InChI is InChI=1S/C15H16ClN3O3S/c1-23(21,22)19(10-12-4-2-3-5-14(12)16)13-8-6-11(7-9-13)15(20)18-17/h2-9H,10,17H2,1H3,(H,18,20). The molecule has 0 unspecified atom stereocenters. The number of rotatable bonds is 5. The number of benzene rings is 2. The highest BCUT2D eigenvalue weighted by molar-refractivity contribution is 7.92. The van der Waals surface area contributed by atoms with E-state index in [9.17, 15) is 13.2 Å². The number of nitrogen functional groups attached to an aromatic ring is 1. The first kappa shape index (κ1) is 17.3. The smallest absolute Gasteiger partial charge is 0.265 e. The number of nitrogens with zero attached hydrogens (tertiary/aromatic N) is 1. The molecule has 0 atom stereocenters. The fourth-order valence-electron chi connectivity index (χ4n) is 2.04. The van der Waals surface area contributed by atoms with Crippen LogP contribution in [0.25, 0.3) is 0 Å². The maximum atomic E-state index is 12.1. The Morgan fingerprint density at radius 3 is 2.30 bits per heavy atom. The minimum atomic E-state index is -3.52. The topological polar surface area (TPSA) is 92.5 Å². The van der Waals surface area contributed by atoms with Gasteiger partial charge in [0.25, 0.3) is 5.91 Å². The minimum Gasteiger partial charge on any atom is -0.290 e. The number of nitrogens with one attached hydrogen (secondary N) is 1. The molecule has 2 aromatic rings. The summed E-state index contributed by atoms with van der Waals surface area (Å²) in [6.45, 7) is 0.0982. The van der Waals surface area contributed by atoms with E-state index in [-0.39, 0.29) is 6.54 Å². The maximum Gasteiger partial charge on any atom is 0.265 e. The zero-order valence-electron chi connectivity index (χ0n) is 12.4. The van der Waals surface area contributed by atoms with Crippen LogP contribution in [0.3, 0.4) is 0 Å². The predicted molar refractivity (Wildman–Crippen MR) is 90.6 cm³/mol. The molecule has 122 valence electrons. The van der Waals surface area contributed by atoms with Crippen LogP contribution >= 0.6 is 11.6 Å². The Bertz CT molecular complexity index is 807. The van der Waals surface area contributed by atoms with Crippen molar-refractivity contribution < 1.29 is 13.2 Å². The van der Waals surface area contributed by atoms with Crippen LogP contribution in [0, 0.1) is 0 Å². The molecule has 0 aliphatic carbocycles. The fraction of sp³-hybridized carbons (Fsp3) is 0.133. The molecule has 1 amide bonds. The number of anilines is 1. The summed E-state index contributed by atoms with van der Waals surface area (Å²) in [6, 6.07) is 13.1. The van der Waals surface area contributed by atoms with Gasteiger partial charge in [-0.15, -0.1) is 0 Å². The van der Waals surface area contributed by atoms with Crippen molar-refractivity contribution in [2.45, 2.75) is 6.54 Å². The van der Waals surface area contributed by atoms with Gasteiger partial charge in [-0.05, 0) is 35.9 Å². The van der Waals surface area contributed by atoms with E-state index in [0.29, 0.717) is 21.8 Å². The van der Waals surface area contributed by atoms with Crippen molar-refractivity contribution >= 4 is 33.2 Å². The third-order valence-corrected chi connectivity index (χ3v) is 4.73. The Labute approximate surface area is 139 Å². The first-order valence-electron chi connectivity index (χ1n) is 6.65. The van der Waals surface area contributed by atoms with E-state index in [1.807, 2.05) is 5.43 Å². The molecule has 2 rings (SSSR count). The van der Waals surface area contributed by atoms with Gasteiger partial charge < -0.3 is 0 Å².